The molecule has 1 N–H and O–H groups in total. The Morgan fingerprint density at radius 1 is 0.820 bits per heavy atom. The van der Waals surface area contributed by atoms with Crippen LogP contribution in [0.2, 0.25) is 0 Å². The van der Waals surface area contributed by atoms with Gasteiger partial charge in [0.25, 0.3) is 0 Å². The average molecular weight is 706 g/mol. The van der Waals surface area contributed by atoms with Crippen LogP contribution in [0, 0.1) is 0 Å². The van der Waals surface area contributed by atoms with Crippen LogP contribution in [-0.2, 0) is 49.4 Å². The summed E-state index contributed by atoms with van der Waals surface area (Å²) in [6.07, 6.45) is -7.44. The van der Waals surface area contributed by atoms with Crippen LogP contribution >= 0.6 is 0 Å². The molecule has 0 saturated carbocycles. The SMILES string of the molecule is COc1ccc(COCC[C@H](C)O[C@@H]2O[C@H](CO)[C@@H](OC(=O)CCCN=[N+]=[N-])[C@H](OC(=O)CCCN=[N+]=[N-])[C@H]2OC(=O)CCCN=[N+]=[N-])cc1. The summed E-state index contributed by atoms with van der Waals surface area (Å²) < 4.78 is 40.1. The van der Waals surface area contributed by atoms with E-state index in [1.54, 1.807) is 14.0 Å². The molecule has 20 nitrogen and oxygen atoms in total. The molecule has 0 spiro atoms. The second kappa shape index (κ2) is 24.4. The van der Waals surface area contributed by atoms with Gasteiger partial charge in [0.15, 0.2) is 24.6 Å². The normalized spacial score (nSPS) is 20.2. The van der Waals surface area contributed by atoms with Crippen LogP contribution in [0.3, 0.4) is 0 Å². The fourth-order valence-electron chi connectivity index (χ4n) is 4.64. The Bertz CT molecular complexity index is 1350. The molecule has 1 aliphatic rings. The van der Waals surface area contributed by atoms with Gasteiger partial charge < -0.3 is 38.3 Å². The number of aliphatic hydroxyl groups is 1. The fraction of sp³-hybridized carbons (Fsp3) is 0.700. The minimum absolute atomic E-state index is 0.00954. The number of esters is 3. The highest BCUT2D eigenvalue weighted by atomic mass is 16.7. The van der Waals surface area contributed by atoms with Crippen molar-refractivity contribution < 1.29 is 52.6 Å². The van der Waals surface area contributed by atoms with E-state index in [1.807, 2.05) is 24.3 Å². The average Bonchev–Trinajstić information content (AvgIpc) is 3.11. The van der Waals surface area contributed by atoms with E-state index in [4.69, 9.17) is 49.8 Å². The molecule has 0 unspecified atom stereocenters. The lowest BCUT2D eigenvalue weighted by Crippen LogP contribution is -2.63. The van der Waals surface area contributed by atoms with Gasteiger partial charge in [-0.15, -0.1) is 0 Å². The van der Waals surface area contributed by atoms with E-state index in [2.05, 4.69) is 30.1 Å². The molecule has 0 aromatic heterocycles. The smallest absolute Gasteiger partial charge is 0.306 e. The second-order valence-electron chi connectivity index (χ2n) is 10.9. The number of benzene rings is 1. The summed E-state index contributed by atoms with van der Waals surface area (Å²) in [5.41, 5.74) is 26.5. The van der Waals surface area contributed by atoms with Gasteiger partial charge in [-0.05, 0) is 66.9 Å². The van der Waals surface area contributed by atoms with Crippen molar-refractivity contribution in [2.45, 2.75) is 95.3 Å². The van der Waals surface area contributed by atoms with Crippen molar-refractivity contribution in [2.75, 3.05) is 40.0 Å². The molecule has 2 rings (SSSR count). The van der Waals surface area contributed by atoms with Crippen molar-refractivity contribution in [3.63, 3.8) is 0 Å². The number of methoxy groups -OCH3 is 1. The first-order chi connectivity index (χ1) is 24.3. The largest absolute Gasteiger partial charge is 0.497 e. The molecular weight excluding hydrogens is 662 g/mol. The zero-order valence-electron chi connectivity index (χ0n) is 28.0. The third kappa shape index (κ3) is 15.6. The van der Waals surface area contributed by atoms with Crippen molar-refractivity contribution in [1.29, 1.82) is 0 Å². The number of rotatable bonds is 24. The van der Waals surface area contributed by atoms with E-state index in [-0.39, 0.29) is 64.8 Å². The molecule has 1 aromatic rings. The maximum atomic E-state index is 13.0. The van der Waals surface area contributed by atoms with E-state index in [0.717, 1.165) is 11.3 Å². The predicted octanol–water partition coefficient (Wildman–Crippen LogP) is 4.73. The van der Waals surface area contributed by atoms with Gasteiger partial charge in [-0.3, -0.25) is 14.4 Å². The topological polar surface area (TPSA) is 282 Å². The van der Waals surface area contributed by atoms with Crippen molar-refractivity contribution in [3.05, 3.63) is 61.2 Å². The molecule has 274 valence electrons. The molecule has 1 fully saturated rings. The van der Waals surface area contributed by atoms with E-state index in [0.29, 0.717) is 13.0 Å². The van der Waals surface area contributed by atoms with Crippen LogP contribution in [0.25, 0.3) is 31.3 Å². The zero-order chi connectivity index (χ0) is 36.6. The van der Waals surface area contributed by atoms with Crippen molar-refractivity contribution >= 4 is 17.9 Å². The molecular formula is C30H43N9O11. The maximum Gasteiger partial charge on any atom is 0.306 e. The number of nitrogens with zero attached hydrogens (tertiary/aromatic N) is 9. The lowest BCUT2D eigenvalue weighted by Gasteiger charge is -2.44. The Kier molecular flexibility index (Phi) is 20.1. The summed E-state index contributed by atoms with van der Waals surface area (Å²) in [5.74, 6) is -1.64. The van der Waals surface area contributed by atoms with E-state index < -0.39 is 61.3 Å². The molecule has 50 heavy (non-hydrogen) atoms. The third-order valence-electron chi connectivity index (χ3n) is 7.14. The maximum absolute atomic E-state index is 13.0. The molecule has 20 heteroatoms. The summed E-state index contributed by atoms with van der Waals surface area (Å²) in [4.78, 5) is 46.7. The van der Waals surface area contributed by atoms with Gasteiger partial charge in [-0.2, -0.15) is 0 Å². The first-order valence-corrected chi connectivity index (χ1v) is 16.0. The summed E-state index contributed by atoms with van der Waals surface area (Å²) in [7, 11) is 1.58. The Hall–Kier alpha value is -4.80. The number of ether oxygens (including phenoxy) is 7. The van der Waals surface area contributed by atoms with Crippen LogP contribution in [0.15, 0.2) is 39.6 Å². The number of carbonyl (C=O) groups is 3. The number of aliphatic hydroxyl groups excluding tert-OH is 1. The minimum Gasteiger partial charge on any atom is -0.497 e. The molecule has 1 saturated heterocycles. The summed E-state index contributed by atoms with van der Waals surface area (Å²) >= 11 is 0. The minimum atomic E-state index is -1.50. The number of carbonyl (C=O) groups excluding carboxylic acids is 3. The molecule has 0 aliphatic carbocycles. The van der Waals surface area contributed by atoms with Crippen LogP contribution in [0.4, 0.5) is 0 Å². The van der Waals surface area contributed by atoms with E-state index in [1.165, 1.54) is 0 Å². The van der Waals surface area contributed by atoms with Gasteiger partial charge in [0.1, 0.15) is 11.9 Å². The number of hydrogen-bond donors (Lipinski definition) is 1. The Labute approximate surface area is 288 Å². The number of azide groups is 3. The van der Waals surface area contributed by atoms with Crippen LogP contribution < -0.4 is 4.74 Å². The fourth-order valence-corrected chi connectivity index (χ4v) is 4.64. The highest BCUT2D eigenvalue weighted by Crippen LogP contribution is 2.31. The van der Waals surface area contributed by atoms with Crippen LogP contribution in [0.5, 0.6) is 5.75 Å². The number of hydrogen-bond acceptors (Lipinski definition) is 14. The second-order valence-corrected chi connectivity index (χ2v) is 10.9. The lowest BCUT2D eigenvalue weighted by atomic mass is 9.97. The highest BCUT2D eigenvalue weighted by molar-refractivity contribution is 5.71. The Balaban J connectivity index is 2.28. The third-order valence-corrected chi connectivity index (χ3v) is 7.14. The van der Waals surface area contributed by atoms with Crippen molar-refractivity contribution in [3.8, 4) is 5.75 Å². The highest BCUT2D eigenvalue weighted by Gasteiger charge is 2.53. The van der Waals surface area contributed by atoms with Gasteiger partial charge >= 0.3 is 17.9 Å². The molecule has 1 heterocycles. The van der Waals surface area contributed by atoms with Gasteiger partial charge in [-0.1, -0.05) is 27.5 Å². The first-order valence-electron chi connectivity index (χ1n) is 16.0. The standard InChI is InChI=1S/C30H43N9O11/c1-20(13-17-45-19-21-9-11-22(44-2)12-10-21)46-30-29(50-26(43)8-5-16-36-39-33)28(49-25(42)7-4-15-35-38-32)27(23(18-40)47-30)48-24(41)6-3-14-34-37-31/h9-12,20,23,27-30,40H,3-8,13-19H2,1-2H3/t20-,23+,27+,28-,29+,30+/m0/s1. The molecule has 0 radical (unpaired) electrons. The zero-order valence-corrected chi connectivity index (χ0v) is 28.0. The lowest BCUT2D eigenvalue weighted by molar-refractivity contribution is -0.316. The quantitative estimate of drug-likeness (QED) is 0.0383. The first kappa shape index (κ1) is 41.4. The molecule has 1 aliphatic heterocycles. The van der Waals surface area contributed by atoms with E-state index >= 15 is 0 Å². The van der Waals surface area contributed by atoms with Gasteiger partial charge in [0.05, 0.1) is 26.4 Å². The van der Waals surface area contributed by atoms with Gasteiger partial charge in [0.2, 0.25) is 0 Å². The van der Waals surface area contributed by atoms with Crippen LogP contribution in [0.1, 0.15) is 57.4 Å². The van der Waals surface area contributed by atoms with Gasteiger partial charge in [-0.25, -0.2) is 0 Å². The molecule has 1 aromatic carbocycles. The predicted molar refractivity (Wildman–Crippen MR) is 173 cm³/mol. The molecule has 6 atom stereocenters. The Morgan fingerprint density at radius 3 is 1.80 bits per heavy atom. The van der Waals surface area contributed by atoms with Crippen molar-refractivity contribution in [2.24, 2.45) is 15.3 Å². The van der Waals surface area contributed by atoms with E-state index in [9.17, 15) is 19.5 Å². The molecule has 0 amide bonds. The summed E-state index contributed by atoms with van der Waals surface area (Å²) in [6, 6.07) is 7.38. The van der Waals surface area contributed by atoms with Crippen LogP contribution in [-0.4, -0.2) is 99.8 Å². The Morgan fingerprint density at radius 2 is 1.32 bits per heavy atom. The van der Waals surface area contributed by atoms with Gasteiger partial charge in [0, 0.05) is 60.2 Å². The van der Waals surface area contributed by atoms with Crippen molar-refractivity contribution in [1.82, 2.24) is 0 Å². The monoisotopic (exact) mass is 705 g/mol. The molecule has 0 bridgehead atoms. The summed E-state index contributed by atoms with van der Waals surface area (Å²) in [5, 5.41) is 20.5. The summed E-state index contributed by atoms with van der Waals surface area (Å²) in [6.45, 7) is 1.67.